The van der Waals surface area contributed by atoms with Crippen molar-refractivity contribution >= 4 is 44.3 Å². The van der Waals surface area contributed by atoms with Crippen molar-refractivity contribution in [3.8, 4) is 0 Å². The molecule has 4 aromatic rings. The van der Waals surface area contributed by atoms with Gasteiger partial charge in [-0.1, -0.05) is 6.07 Å². The minimum absolute atomic E-state index is 0.0278. The molecule has 0 radical (unpaired) electrons. The van der Waals surface area contributed by atoms with Crippen molar-refractivity contribution in [1.29, 1.82) is 0 Å². The number of fused-ring (bicyclic) bond motifs is 1. The summed E-state index contributed by atoms with van der Waals surface area (Å²) in [4.78, 5) is 21.8. The summed E-state index contributed by atoms with van der Waals surface area (Å²) in [7, 11) is -3.88. The molecule has 30 heavy (non-hydrogen) atoms. The number of hydrogen-bond acceptors (Lipinski definition) is 8. The van der Waals surface area contributed by atoms with Gasteiger partial charge in [0, 0.05) is 11.4 Å². The van der Waals surface area contributed by atoms with Crippen molar-refractivity contribution in [2.75, 3.05) is 10.6 Å². The van der Waals surface area contributed by atoms with E-state index in [-0.39, 0.29) is 16.7 Å². The van der Waals surface area contributed by atoms with Crippen LogP contribution in [0.2, 0.25) is 0 Å². The maximum atomic E-state index is 14.2. The van der Waals surface area contributed by atoms with Gasteiger partial charge >= 0.3 is 5.76 Å². The zero-order chi connectivity index (χ0) is 21.5. The van der Waals surface area contributed by atoms with E-state index in [1.54, 1.807) is 25.1 Å². The van der Waals surface area contributed by atoms with Gasteiger partial charge < -0.3 is 15.1 Å². The SMILES string of the molecule is Cc1cc(Nc2nc(Nc3cccc(S(N)(=O)=O)c3)ncc2F)cc2[nH]c(=O)oc12. The fraction of sp³-hybridized carbons (Fsp3) is 0.0556. The fourth-order valence-electron chi connectivity index (χ4n) is 2.83. The number of nitrogens with two attached hydrogens (primary N) is 1. The predicted molar refractivity (Wildman–Crippen MR) is 108 cm³/mol. The van der Waals surface area contributed by atoms with E-state index in [2.05, 4.69) is 25.6 Å². The summed E-state index contributed by atoms with van der Waals surface area (Å²) in [5, 5.41) is 10.8. The largest absolute Gasteiger partial charge is 0.417 e. The van der Waals surface area contributed by atoms with Gasteiger partial charge in [0.25, 0.3) is 0 Å². The number of oxazole rings is 1. The summed E-state index contributed by atoms with van der Waals surface area (Å²) in [6, 6.07) is 8.98. The Hall–Kier alpha value is -3.77. The molecule has 4 rings (SSSR count). The van der Waals surface area contributed by atoms with E-state index in [9.17, 15) is 17.6 Å². The number of rotatable bonds is 5. The highest BCUT2D eigenvalue weighted by Gasteiger charge is 2.12. The van der Waals surface area contributed by atoms with Crippen molar-refractivity contribution in [2.24, 2.45) is 5.14 Å². The molecule has 2 aromatic carbocycles. The molecule has 0 amide bonds. The summed E-state index contributed by atoms with van der Waals surface area (Å²) in [5.41, 5.74) is 2.35. The zero-order valence-electron chi connectivity index (χ0n) is 15.4. The Kier molecular flexibility index (Phi) is 4.72. The van der Waals surface area contributed by atoms with Crippen molar-refractivity contribution < 1.29 is 17.2 Å². The molecular formula is C18H15FN6O4S. The van der Waals surface area contributed by atoms with Gasteiger partial charge in [0.15, 0.2) is 17.2 Å². The lowest BCUT2D eigenvalue weighted by Crippen LogP contribution is -2.12. The van der Waals surface area contributed by atoms with Crippen LogP contribution in [-0.4, -0.2) is 23.4 Å². The standard InChI is InChI=1S/C18H15FN6O4S/c1-9-5-11(7-14-15(9)29-18(26)24-14)22-16-13(19)8-21-17(25-16)23-10-3-2-4-12(6-10)30(20,27)28/h2-8H,1H3,(H,24,26)(H2,20,27,28)(H2,21,22,23,25). The third kappa shape index (κ3) is 3.99. The minimum atomic E-state index is -3.88. The summed E-state index contributed by atoms with van der Waals surface area (Å²) in [6.07, 6.45) is 0.965. The number of nitrogens with one attached hydrogen (secondary N) is 3. The van der Waals surface area contributed by atoms with Crippen LogP contribution in [0.25, 0.3) is 11.1 Å². The molecule has 0 unspecified atom stereocenters. The van der Waals surface area contributed by atoms with Crippen LogP contribution in [-0.2, 0) is 10.0 Å². The first-order valence-electron chi connectivity index (χ1n) is 8.52. The van der Waals surface area contributed by atoms with Gasteiger partial charge in [-0.25, -0.2) is 27.7 Å². The van der Waals surface area contributed by atoms with Crippen LogP contribution in [0.1, 0.15) is 5.56 Å². The Bertz CT molecular complexity index is 1430. The van der Waals surface area contributed by atoms with Crippen LogP contribution in [0.5, 0.6) is 0 Å². The van der Waals surface area contributed by atoms with Crippen LogP contribution < -0.4 is 21.5 Å². The van der Waals surface area contributed by atoms with Gasteiger partial charge in [-0.05, 0) is 42.8 Å². The fourth-order valence-corrected chi connectivity index (χ4v) is 3.39. The number of nitrogens with zero attached hydrogens (tertiary/aromatic N) is 2. The number of aryl methyl sites for hydroxylation is 1. The summed E-state index contributed by atoms with van der Waals surface area (Å²) in [6.45, 7) is 1.74. The molecule has 0 aliphatic rings. The molecule has 0 saturated carbocycles. The van der Waals surface area contributed by atoms with E-state index in [1.165, 1.54) is 18.2 Å². The molecule has 0 fully saturated rings. The van der Waals surface area contributed by atoms with Gasteiger partial charge in [0.2, 0.25) is 16.0 Å². The molecule has 0 bridgehead atoms. The zero-order valence-corrected chi connectivity index (χ0v) is 16.2. The monoisotopic (exact) mass is 430 g/mol. The summed E-state index contributed by atoms with van der Waals surface area (Å²) in [5.74, 6) is -1.40. The number of H-pyrrole nitrogens is 1. The van der Waals surface area contributed by atoms with Crippen LogP contribution in [0.3, 0.4) is 0 Å². The first kappa shape index (κ1) is 19.5. The van der Waals surface area contributed by atoms with Gasteiger partial charge in [0.05, 0.1) is 16.6 Å². The molecule has 0 spiro atoms. The van der Waals surface area contributed by atoms with Crippen LogP contribution in [0.15, 0.2) is 56.7 Å². The van der Waals surface area contributed by atoms with Crippen molar-refractivity contribution in [3.63, 3.8) is 0 Å². The molecule has 0 atom stereocenters. The molecule has 10 nitrogen and oxygen atoms in total. The van der Waals surface area contributed by atoms with E-state index in [1.807, 2.05) is 0 Å². The number of hydrogen-bond donors (Lipinski definition) is 4. The minimum Gasteiger partial charge on any atom is -0.408 e. The number of sulfonamides is 1. The maximum Gasteiger partial charge on any atom is 0.417 e. The van der Waals surface area contributed by atoms with Gasteiger partial charge in [-0.2, -0.15) is 4.98 Å². The molecule has 5 N–H and O–H groups in total. The van der Waals surface area contributed by atoms with Gasteiger partial charge in [-0.15, -0.1) is 0 Å². The smallest absolute Gasteiger partial charge is 0.408 e. The number of aromatic nitrogens is 3. The molecule has 0 aliphatic heterocycles. The second-order valence-corrected chi connectivity index (χ2v) is 7.96. The number of benzene rings is 2. The second-order valence-electron chi connectivity index (χ2n) is 6.40. The van der Waals surface area contributed by atoms with Crippen LogP contribution in [0.4, 0.5) is 27.5 Å². The van der Waals surface area contributed by atoms with E-state index in [4.69, 9.17) is 9.56 Å². The average molecular weight is 430 g/mol. The lowest BCUT2D eigenvalue weighted by atomic mass is 10.2. The van der Waals surface area contributed by atoms with Gasteiger partial charge in [-0.3, -0.25) is 4.98 Å². The number of aromatic amines is 1. The first-order chi connectivity index (χ1) is 14.2. The maximum absolute atomic E-state index is 14.2. The Balaban J connectivity index is 1.63. The van der Waals surface area contributed by atoms with E-state index < -0.39 is 21.6 Å². The molecule has 0 saturated heterocycles. The second kappa shape index (κ2) is 7.24. The highest BCUT2D eigenvalue weighted by atomic mass is 32.2. The normalized spacial score (nSPS) is 11.6. The predicted octanol–water partition coefficient (Wildman–Crippen LogP) is 2.49. The molecule has 154 valence electrons. The third-order valence-corrected chi connectivity index (χ3v) is 5.04. The number of anilines is 4. The molecule has 12 heteroatoms. The van der Waals surface area contributed by atoms with E-state index in [0.29, 0.717) is 28.0 Å². The lowest BCUT2D eigenvalue weighted by molar-refractivity contribution is 0.553. The van der Waals surface area contributed by atoms with Crippen LogP contribution >= 0.6 is 0 Å². The highest BCUT2D eigenvalue weighted by molar-refractivity contribution is 7.89. The molecule has 2 heterocycles. The van der Waals surface area contributed by atoms with Crippen molar-refractivity contribution in [3.05, 3.63) is 64.5 Å². The third-order valence-electron chi connectivity index (χ3n) is 4.13. The summed E-state index contributed by atoms with van der Waals surface area (Å²) < 4.78 is 42.3. The number of halogens is 1. The Morgan fingerprint density at radius 3 is 2.73 bits per heavy atom. The quantitative estimate of drug-likeness (QED) is 0.376. The van der Waals surface area contributed by atoms with E-state index in [0.717, 1.165) is 6.20 Å². The molecule has 2 aromatic heterocycles. The number of primary sulfonamides is 1. The van der Waals surface area contributed by atoms with E-state index >= 15 is 0 Å². The molecule has 0 aliphatic carbocycles. The topological polar surface area (TPSA) is 156 Å². The average Bonchev–Trinajstić information content (AvgIpc) is 3.05. The van der Waals surface area contributed by atoms with Crippen molar-refractivity contribution in [2.45, 2.75) is 11.8 Å². The van der Waals surface area contributed by atoms with Crippen LogP contribution in [0, 0.1) is 12.7 Å². The Labute approximate surface area is 169 Å². The lowest BCUT2D eigenvalue weighted by Gasteiger charge is -2.10. The Morgan fingerprint density at radius 2 is 1.97 bits per heavy atom. The highest BCUT2D eigenvalue weighted by Crippen LogP contribution is 2.25. The van der Waals surface area contributed by atoms with Gasteiger partial charge in [0.1, 0.15) is 0 Å². The van der Waals surface area contributed by atoms with Crippen molar-refractivity contribution in [1.82, 2.24) is 15.0 Å². The Morgan fingerprint density at radius 1 is 1.17 bits per heavy atom. The summed E-state index contributed by atoms with van der Waals surface area (Å²) >= 11 is 0. The molecular weight excluding hydrogens is 415 g/mol. The first-order valence-corrected chi connectivity index (χ1v) is 10.1.